The van der Waals surface area contributed by atoms with Crippen molar-refractivity contribution in [2.24, 2.45) is 0 Å². The van der Waals surface area contributed by atoms with E-state index in [-0.39, 0.29) is 23.2 Å². The molecule has 2 aromatic rings. The van der Waals surface area contributed by atoms with Crippen molar-refractivity contribution in [1.29, 1.82) is 0 Å². The maximum atomic E-state index is 12.9. The third-order valence-electron chi connectivity index (χ3n) is 4.34. The summed E-state index contributed by atoms with van der Waals surface area (Å²) in [6.07, 6.45) is 1.48. The van der Waals surface area contributed by atoms with Gasteiger partial charge in [0.25, 0.3) is 11.1 Å². The number of anilines is 1. The van der Waals surface area contributed by atoms with Crippen LogP contribution in [-0.2, 0) is 9.59 Å². The second kappa shape index (κ2) is 10.7. The van der Waals surface area contributed by atoms with Gasteiger partial charge in [-0.05, 0) is 73.6 Å². The highest BCUT2D eigenvalue weighted by atomic mass is 32.2. The van der Waals surface area contributed by atoms with Gasteiger partial charge in [-0.2, -0.15) is 0 Å². The van der Waals surface area contributed by atoms with Gasteiger partial charge < -0.3 is 19.3 Å². The summed E-state index contributed by atoms with van der Waals surface area (Å²) in [7, 11) is 0. The van der Waals surface area contributed by atoms with Crippen molar-refractivity contribution in [2.75, 3.05) is 24.7 Å². The molecule has 1 aliphatic rings. The molecule has 3 rings (SSSR count). The van der Waals surface area contributed by atoms with Crippen LogP contribution >= 0.6 is 11.8 Å². The molecule has 0 radical (unpaired) electrons. The van der Waals surface area contributed by atoms with E-state index < -0.39 is 11.9 Å². The highest BCUT2D eigenvalue weighted by Gasteiger charge is 2.36. The van der Waals surface area contributed by atoms with Gasteiger partial charge in [0, 0.05) is 0 Å². The third kappa shape index (κ3) is 5.61. The van der Waals surface area contributed by atoms with E-state index in [2.05, 4.69) is 0 Å². The fraction of sp³-hybridized carbons (Fsp3) is 0.261. The minimum Gasteiger partial charge on any atom is -0.494 e. The molecular formula is C23H23NO7S. The molecule has 168 valence electrons. The van der Waals surface area contributed by atoms with Crippen LogP contribution in [0.4, 0.5) is 10.5 Å². The minimum absolute atomic E-state index is 0.00965. The first-order chi connectivity index (χ1) is 15.4. The number of ether oxygens (including phenoxy) is 3. The Kier molecular flexibility index (Phi) is 7.77. The number of amides is 2. The highest BCUT2D eigenvalue weighted by molar-refractivity contribution is 8.19. The molecule has 1 heterocycles. The number of nitrogens with zero attached hydrogens (tertiary/aromatic N) is 1. The smallest absolute Gasteiger partial charge is 0.306 e. The van der Waals surface area contributed by atoms with Crippen molar-refractivity contribution in [2.45, 2.75) is 20.3 Å². The maximum absolute atomic E-state index is 12.9. The standard InChI is InChI=1S/C23H23NO7S/c1-3-29-17-8-6-16(7-9-17)24-22(27)20(32-23(24)28)14-15-5-10-18(19(13-15)30-4-2)31-12-11-21(25)26/h5-10,13-14H,3-4,11-12H2,1-2H3,(H,25,26)/b20-14+. The molecule has 8 nitrogen and oxygen atoms in total. The zero-order chi connectivity index (χ0) is 23.1. The van der Waals surface area contributed by atoms with Crippen molar-refractivity contribution in [3.05, 3.63) is 52.9 Å². The summed E-state index contributed by atoms with van der Waals surface area (Å²) in [6, 6.07) is 11.8. The highest BCUT2D eigenvalue weighted by Crippen LogP contribution is 2.37. The number of benzene rings is 2. The Balaban J connectivity index is 1.80. The van der Waals surface area contributed by atoms with Crippen LogP contribution in [0.2, 0.25) is 0 Å². The van der Waals surface area contributed by atoms with E-state index in [1.54, 1.807) is 48.5 Å². The van der Waals surface area contributed by atoms with Crippen molar-refractivity contribution in [1.82, 2.24) is 0 Å². The number of aliphatic carboxylic acids is 1. The Morgan fingerprint density at radius 2 is 1.72 bits per heavy atom. The Labute approximate surface area is 189 Å². The number of carbonyl (C=O) groups excluding carboxylic acids is 2. The van der Waals surface area contributed by atoms with E-state index in [1.165, 1.54) is 0 Å². The summed E-state index contributed by atoms with van der Waals surface area (Å²) in [5.74, 6) is 0.129. The molecule has 1 N–H and O–H groups in total. The summed E-state index contributed by atoms with van der Waals surface area (Å²) in [5.41, 5.74) is 1.12. The van der Waals surface area contributed by atoms with E-state index >= 15 is 0 Å². The summed E-state index contributed by atoms with van der Waals surface area (Å²) in [6.45, 7) is 4.61. The van der Waals surface area contributed by atoms with Crippen LogP contribution in [0.3, 0.4) is 0 Å². The van der Waals surface area contributed by atoms with Crippen molar-refractivity contribution in [3.8, 4) is 17.2 Å². The number of carboxylic acid groups (broad SMARTS) is 1. The van der Waals surface area contributed by atoms with Crippen molar-refractivity contribution < 1.29 is 33.7 Å². The molecule has 9 heteroatoms. The van der Waals surface area contributed by atoms with Crippen LogP contribution in [0.25, 0.3) is 6.08 Å². The number of carboxylic acids is 1. The van der Waals surface area contributed by atoms with E-state index in [0.717, 1.165) is 16.7 Å². The first-order valence-corrected chi connectivity index (χ1v) is 10.9. The Hall–Kier alpha value is -3.46. The van der Waals surface area contributed by atoms with E-state index in [1.807, 2.05) is 13.8 Å². The number of hydrogen-bond donors (Lipinski definition) is 1. The maximum Gasteiger partial charge on any atom is 0.306 e. The predicted molar refractivity (Wildman–Crippen MR) is 121 cm³/mol. The summed E-state index contributed by atoms with van der Waals surface area (Å²) >= 11 is 0.856. The lowest BCUT2D eigenvalue weighted by Gasteiger charge is -2.13. The van der Waals surface area contributed by atoms with Gasteiger partial charge in [-0.15, -0.1) is 0 Å². The molecule has 1 aliphatic heterocycles. The second-order valence-corrected chi connectivity index (χ2v) is 7.57. The van der Waals surface area contributed by atoms with Gasteiger partial charge in [-0.1, -0.05) is 6.07 Å². The molecule has 0 unspecified atom stereocenters. The fourth-order valence-electron chi connectivity index (χ4n) is 2.95. The largest absolute Gasteiger partial charge is 0.494 e. The van der Waals surface area contributed by atoms with Gasteiger partial charge in [0.05, 0.1) is 36.8 Å². The summed E-state index contributed by atoms with van der Waals surface area (Å²) in [5, 5.41) is 8.38. The molecule has 1 saturated heterocycles. The SMILES string of the molecule is CCOc1ccc(N2C(=O)S/C(=C/c3ccc(OCCC(=O)O)c(OCC)c3)C2=O)cc1. The molecular weight excluding hydrogens is 434 g/mol. The van der Waals surface area contributed by atoms with Gasteiger partial charge in [0.1, 0.15) is 5.75 Å². The van der Waals surface area contributed by atoms with Gasteiger partial charge in [0.2, 0.25) is 0 Å². The molecule has 0 bridgehead atoms. The Bertz CT molecular complexity index is 1030. The summed E-state index contributed by atoms with van der Waals surface area (Å²) in [4.78, 5) is 37.5. The normalized spacial score (nSPS) is 14.7. The first-order valence-electron chi connectivity index (χ1n) is 10.0. The van der Waals surface area contributed by atoms with Crippen LogP contribution in [0, 0.1) is 0 Å². The fourth-order valence-corrected chi connectivity index (χ4v) is 3.79. The molecule has 0 atom stereocenters. The first kappa shape index (κ1) is 23.2. The number of thioether (sulfide) groups is 1. The van der Waals surface area contributed by atoms with Crippen LogP contribution in [0.15, 0.2) is 47.4 Å². The average Bonchev–Trinajstić information content (AvgIpc) is 3.03. The second-order valence-electron chi connectivity index (χ2n) is 6.58. The molecule has 32 heavy (non-hydrogen) atoms. The molecule has 0 aromatic heterocycles. The molecule has 2 aromatic carbocycles. The lowest BCUT2D eigenvalue weighted by atomic mass is 10.1. The molecule has 0 aliphatic carbocycles. The van der Waals surface area contributed by atoms with E-state index in [0.29, 0.717) is 41.7 Å². The van der Waals surface area contributed by atoms with Gasteiger partial charge in [0.15, 0.2) is 11.5 Å². The molecule has 2 amide bonds. The number of hydrogen-bond acceptors (Lipinski definition) is 7. The zero-order valence-corrected chi connectivity index (χ0v) is 18.5. The van der Waals surface area contributed by atoms with Crippen LogP contribution in [0.5, 0.6) is 17.2 Å². The van der Waals surface area contributed by atoms with Crippen molar-refractivity contribution >= 4 is 40.6 Å². The van der Waals surface area contributed by atoms with Crippen molar-refractivity contribution in [3.63, 3.8) is 0 Å². The Morgan fingerprint density at radius 1 is 1.00 bits per heavy atom. The summed E-state index contributed by atoms with van der Waals surface area (Å²) < 4.78 is 16.5. The van der Waals surface area contributed by atoms with E-state index in [9.17, 15) is 14.4 Å². The van der Waals surface area contributed by atoms with Gasteiger partial charge in [-0.25, -0.2) is 4.90 Å². The quantitative estimate of drug-likeness (QED) is 0.517. The number of carbonyl (C=O) groups is 3. The lowest BCUT2D eigenvalue weighted by Crippen LogP contribution is -2.27. The van der Waals surface area contributed by atoms with Crippen LogP contribution < -0.4 is 19.1 Å². The zero-order valence-electron chi connectivity index (χ0n) is 17.7. The van der Waals surface area contributed by atoms with Crippen LogP contribution in [0.1, 0.15) is 25.8 Å². The molecule has 0 spiro atoms. The van der Waals surface area contributed by atoms with Gasteiger partial charge >= 0.3 is 5.97 Å². The van der Waals surface area contributed by atoms with Gasteiger partial charge in [-0.3, -0.25) is 14.4 Å². The Morgan fingerprint density at radius 3 is 2.38 bits per heavy atom. The monoisotopic (exact) mass is 457 g/mol. The molecule has 1 fully saturated rings. The van der Waals surface area contributed by atoms with E-state index in [4.69, 9.17) is 19.3 Å². The topological polar surface area (TPSA) is 102 Å². The average molecular weight is 458 g/mol. The number of imide groups is 1. The third-order valence-corrected chi connectivity index (χ3v) is 5.21. The molecule has 0 saturated carbocycles. The van der Waals surface area contributed by atoms with Crippen LogP contribution in [-0.4, -0.2) is 42.0 Å². The number of rotatable bonds is 10. The lowest BCUT2D eigenvalue weighted by molar-refractivity contribution is -0.137. The predicted octanol–water partition coefficient (Wildman–Crippen LogP) is 4.58. The minimum atomic E-state index is -0.956.